The highest BCUT2D eigenvalue weighted by Gasteiger charge is 2.19. The van der Waals surface area contributed by atoms with E-state index < -0.39 is 6.10 Å². The third-order valence-corrected chi connectivity index (χ3v) is 16.8. The number of allylic oxidation sites excluding steroid dienone is 8. The van der Waals surface area contributed by atoms with Gasteiger partial charge in [-0.2, -0.15) is 0 Å². The van der Waals surface area contributed by atoms with Crippen molar-refractivity contribution in [1.82, 2.24) is 0 Å². The Kier molecular flexibility index (Phi) is 69.6. The van der Waals surface area contributed by atoms with Gasteiger partial charge in [0.25, 0.3) is 0 Å². The lowest BCUT2D eigenvalue weighted by atomic mass is 10.0. The van der Waals surface area contributed by atoms with Crippen molar-refractivity contribution in [2.75, 3.05) is 13.2 Å². The van der Waals surface area contributed by atoms with Gasteiger partial charge < -0.3 is 14.2 Å². The first-order valence-electron chi connectivity index (χ1n) is 37.1. The van der Waals surface area contributed by atoms with Crippen molar-refractivity contribution in [3.05, 3.63) is 48.6 Å². The van der Waals surface area contributed by atoms with Crippen molar-refractivity contribution in [1.29, 1.82) is 0 Å². The average Bonchev–Trinajstić information content (AvgIpc) is 3.49. The molecular weight excluding hydrogens is 1020 g/mol. The quantitative estimate of drug-likeness (QED) is 0.0261. The molecule has 0 rings (SSSR count). The molecule has 0 aromatic rings. The van der Waals surface area contributed by atoms with Crippen LogP contribution in [0.25, 0.3) is 0 Å². The molecule has 0 N–H and O–H groups in total. The van der Waals surface area contributed by atoms with E-state index in [4.69, 9.17) is 14.2 Å². The number of hydrogen-bond donors (Lipinski definition) is 0. The largest absolute Gasteiger partial charge is 0.462 e. The first-order chi connectivity index (χ1) is 41.0. The Hall–Kier alpha value is -2.63. The van der Waals surface area contributed by atoms with Gasteiger partial charge in [0.1, 0.15) is 13.2 Å². The highest BCUT2D eigenvalue weighted by Crippen LogP contribution is 2.19. The van der Waals surface area contributed by atoms with Crippen LogP contribution in [-0.2, 0) is 28.6 Å². The third kappa shape index (κ3) is 70.0. The minimum absolute atomic E-state index is 0.0716. The van der Waals surface area contributed by atoms with Gasteiger partial charge in [-0.3, -0.25) is 14.4 Å². The third-order valence-electron chi connectivity index (χ3n) is 16.8. The van der Waals surface area contributed by atoms with Gasteiger partial charge >= 0.3 is 17.9 Å². The summed E-state index contributed by atoms with van der Waals surface area (Å²) in [6.45, 7) is 6.68. The monoisotopic (exact) mass is 1160 g/mol. The van der Waals surface area contributed by atoms with Gasteiger partial charge in [-0.1, -0.05) is 352 Å². The first-order valence-corrected chi connectivity index (χ1v) is 37.1. The van der Waals surface area contributed by atoms with E-state index in [9.17, 15) is 14.4 Å². The summed E-state index contributed by atoms with van der Waals surface area (Å²) in [5.74, 6) is -0.850. The van der Waals surface area contributed by atoms with E-state index in [1.54, 1.807) is 0 Å². The highest BCUT2D eigenvalue weighted by molar-refractivity contribution is 5.71. The Labute approximate surface area is 518 Å². The zero-order valence-corrected chi connectivity index (χ0v) is 56.0. The number of unbranched alkanes of at least 4 members (excludes halogenated alkanes) is 50. The van der Waals surface area contributed by atoms with E-state index in [2.05, 4.69) is 69.4 Å². The minimum Gasteiger partial charge on any atom is -0.462 e. The molecule has 0 fully saturated rings. The van der Waals surface area contributed by atoms with Crippen LogP contribution in [-0.4, -0.2) is 37.2 Å². The summed E-state index contributed by atoms with van der Waals surface area (Å²) in [4.78, 5) is 38.5. The van der Waals surface area contributed by atoms with Crippen LogP contribution in [0.3, 0.4) is 0 Å². The number of rotatable bonds is 69. The molecule has 6 nitrogen and oxygen atoms in total. The normalized spacial score (nSPS) is 12.3. The lowest BCUT2D eigenvalue weighted by molar-refractivity contribution is -0.167. The lowest BCUT2D eigenvalue weighted by Gasteiger charge is -2.18. The fourth-order valence-corrected chi connectivity index (χ4v) is 11.2. The van der Waals surface area contributed by atoms with Crippen molar-refractivity contribution >= 4 is 17.9 Å². The molecule has 83 heavy (non-hydrogen) atoms. The topological polar surface area (TPSA) is 78.9 Å². The van der Waals surface area contributed by atoms with Crippen LogP contribution >= 0.6 is 0 Å². The summed E-state index contributed by atoms with van der Waals surface area (Å²) in [7, 11) is 0. The second kappa shape index (κ2) is 71.8. The number of esters is 3. The zero-order valence-electron chi connectivity index (χ0n) is 56.0. The van der Waals surface area contributed by atoms with Crippen LogP contribution < -0.4 is 0 Å². The van der Waals surface area contributed by atoms with Gasteiger partial charge in [0.2, 0.25) is 0 Å². The Morgan fingerprint density at radius 2 is 0.434 bits per heavy atom. The fraction of sp³-hybridized carbons (Fsp3) is 0.857. The second-order valence-corrected chi connectivity index (χ2v) is 25.2. The molecule has 0 amide bonds. The predicted octanol–water partition coefficient (Wildman–Crippen LogP) is 25.7. The Morgan fingerprint density at radius 3 is 0.687 bits per heavy atom. The highest BCUT2D eigenvalue weighted by atomic mass is 16.6. The minimum atomic E-state index is -0.778. The Morgan fingerprint density at radius 1 is 0.241 bits per heavy atom. The zero-order chi connectivity index (χ0) is 59.9. The molecule has 0 aliphatic carbocycles. The summed E-state index contributed by atoms with van der Waals surface area (Å²) < 4.78 is 17.0. The SMILES string of the molecule is CCCCC/C=C\C/C=C\CCCCCCCCCCCC(=O)OCC(COC(=O)CCCCCCCCCCCCCCCCCCCCCCCCCCC)OC(=O)CCCCCCCCCCC/C=C\C/C=C\CCCCCCC. The molecule has 0 saturated heterocycles. The standard InChI is InChI=1S/C77H142O6/c1-4-7-10-13-16-19-22-25-28-31-34-36-37-38-39-41-43-46-49-52-55-58-61-64-67-70-76(79)82-73-74(72-81-75(78)69-66-63-60-57-54-51-48-45-42-33-30-27-24-21-18-15-12-9-6-3)83-77(80)71-68-65-62-59-56-53-50-47-44-40-35-32-29-26-23-20-17-14-11-8-5-2/h18,21,23,26-27,30,32,35,74H,4-17,19-20,22,24-25,28-29,31,33-34,36-73H2,1-3H3/b21-18-,26-23-,30-27-,35-32-. The molecule has 0 spiro atoms. The van der Waals surface area contributed by atoms with Gasteiger partial charge in [0.05, 0.1) is 0 Å². The van der Waals surface area contributed by atoms with Crippen LogP contribution in [0.15, 0.2) is 48.6 Å². The molecule has 0 bridgehead atoms. The second-order valence-electron chi connectivity index (χ2n) is 25.2. The summed E-state index contributed by atoms with van der Waals surface area (Å²) in [6, 6.07) is 0. The molecule has 486 valence electrons. The van der Waals surface area contributed by atoms with Crippen LogP contribution in [0.4, 0.5) is 0 Å². The maximum absolute atomic E-state index is 13.0. The molecule has 0 aromatic carbocycles. The van der Waals surface area contributed by atoms with E-state index in [-0.39, 0.29) is 31.1 Å². The predicted molar refractivity (Wildman–Crippen MR) is 362 cm³/mol. The lowest BCUT2D eigenvalue weighted by Crippen LogP contribution is -2.30. The van der Waals surface area contributed by atoms with Crippen molar-refractivity contribution in [2.24, 2.45) is 0 Å². The van der Waals surface area contributed by atoms with Crippen LogP contribution in [0, 0.1) is 0 Å². The van der Waals surface area contributed by atoms with E-state index in [0.29, 0.717) is 19.3 Å². The van der Waals surface area contributed by atoms with Crippen molar-refractivity contribution in [3.8, 4) is 0 Å². The molecule has 0 radical (unpaired) electrons. The molecule has 0 saturated carbocycles. The summed E-state index contributed by atoms with van der Waals surface area (Å²) >= 11 is 0. The van der Waals surface area contributed by atoms with Gasteiger partial charge in [-0.15, -0.1) is 0 Å². The number of carbonyl (C=O) groups excluding carboxylic acids is 3. The molecule has 1 unspecified atom stereocenters. The first kappa shape index (κ1) is 80.4. The van der Waals surface area contributed by atoms with E-state index in [1.807, 2.05) is 0 Å². The van der Waals surface area contributed by atoms with E-state index in [1.165, 1.54) is 295 Å². The molecule has 0 aliphatic rings. The number of hydrogen-bond acceptors (Lipinski definition) is 6. The number of ether oxygens (including phenoxy) is 3. The molecule has 0 heterocycles. The van der Waals surface area contributed by atoms with E-state index in [0.717, 1.165) is 70.6 Å². The van der Waals surface area contributed by atoms with Gasteiger partial charge in [0.15, 0.2) is 6.10 Å². The van der Waals surface area contributed by atoms with Crippen molar-refractivity contribution < 1.29 is 28.6 Å². The summed E-state index contributed by atoms with van der Waals surface area (Å²) in [5, 5.41) is 0. The Balaban J connectivity index is 4.31. The molecule has 6 heteroatoms. The van der Waals surface area contributed by atoms with Gasteiger partial charge in [0, 0.05) is 19.3 Å². The number of carbonyl (C=O) groups is 3. The van der Waals surface area contributed by atoms with Crippen molar-refractivity contribution in [2.45, 2.75) is 412 Å². The van der Waals surface area contributed by atoms with E-state index >= 15 is 0 Å². The molecule has 1 atom stereocenters. The Bertz CT molecular complexity index is 1430. The smallest absolute Gasteiger partial charge is 0.306 e. The summed E-state index contributed by atoms with van der Waals surface area (Å²) in [5.41, 5.74) is 0. The van der Waals surface area contributed by atoms with Crippen LogP contribution in [0.1, 0.15) is 406 Å². The van der Waals surface area contributed by atoms with Gasteiger partial charge in [-0.05, 0) is 83.5 Å². The van der Waals surface area contributed by atoms with Crippen LogP contribution in [0.2, 0.25) is 0 Å². The average molecular weight is 1160 g/mol. The maximum Gasteiger partial charge on any atom is 0.306 e. The molecule has 0 aromatic heterocycles. The summed E-state index contributed by atoms with van der Waals surface area (Å²) in [6.07, 6.45) is 91.4. The van der Waals surface area contributed by atoms with Gasteiger partial charge in [-0.25, -0.2) is 0 Å². The maximum atomic E-state index is 13.0. The molecular formula is C77H142O6. The fourth-order valence-electron chi connectivity index (χ4n) is 11.2. The molecule has 0 aliphatic heterocycles. The van der Waals surface area contributed by atoms with Crippen LogP contribution in [0.5, 0.6) is 0 Å². The van der Waals surface area contributed by atoms with Crippen molar-refractivity contribution in [3.63, 3.8) is 0 Å².